The van der Waals surface area contributed by atoms with Crippen LogP contribution < -0.4 is 30.6 Å². The van der Waals surface area contributed by atoms with Crippen molar-refractivity contribution >= 4 is 56.5 Å². The molecule has 3 aromatic carbocycles. The van der Waals surface area contributed by atoms with Gasteiger partial charge in [0.2, 0.25) is 5.75 Å². The average molecular weight is 612 g/mol. The average Bonchev–Trinajstić information content (AvgIpc) is 3.74. The van der Waals surface area contributed by atoms with Crippen LogP contribution in [-0.4, -0.2) is 37.2 Å². The van der Waals surface area contributed by atoms with E-state index >= 15 is 0 Å². The van der Waals surface area contributed by atoms with Crippen LogP contribution in [0.3, 0.4) is 0 Å². The third-order valence-electron chi connectivity index (χ3n) is 7.20. The van der Waals surface area contributed by atoms with E-state index in [1.54, 1.807) is 33.5 Å². The van der Waals surface area contributed by atoms with Crippen molar-refractivity contribution < 1.29 is 19.0 Å². The van der Waals surface area contributed by atoms with Gasteiger partial charge in [-0.05, 0) is 35.8 Å². The van der Waals surface area contributed by atoms with Gasteiger partial charge >= 0.3 is 0 Å². The molecule has 0 radical (unpaired) electrons. The number of benzene rings is 3. The van der Waals surface area contributed by atoms with Gasteiger partial charge < -0.3 is 30.6 Å². The highest BCUT2D eigenvalue weighted by Crippen LogP contribution is 2.43. The third kappa shape index (κ3) is 5.52. The molecule has 1 amide bonds. The monoisotopic (exact) mass is 611 g/mol. The first kappa shape index (κ1) is 28.3. The second-order valence-electron chi connectivity index (χ2n) is 9.78. The Morgan fingerprint density at radius 1 is 0.930 bits per heavy atom. The van der Waals surface area contributed by atoms with Gasteiger partial charge in [0.05, 0.1) is 27.0 Å². The number of nitrogen functional groups attached to an aromatic ring is 1. The topological polar surface area (TPSA) is 121 Å². The van der Waals surface area contributed by atoms with Crippen LogP contribution in [0.5, 0.6) is 17.2 Å². The minimum absolute atomic E-state index is 0.0885. The lowest BCUT2D eigenvalue weighted by Crippen LogP contribution is -2.15. The molecule has 4 N–H and O–H groups in total. The quantitative estimate of drug-likeness (QED) is 0.159. The molecule has 9 nitrogen and oxygen atoms in total. The summed E-state index contributed by atoms with van der Waals surface area (Å²) in [7, 11) is 4.69. The summed E-state index contributed by atoms with van der Waals surface area (Å²) in [4.78, 5) is 23.3. The molecule has 1 aliphatic rings. The molecule has 5 aromatic rings. The fraction of sp³-hybridized carbons (Fsp3) is 0.156. The van der Waals surface area contributed by atoms with Gasteiger partial charge in [-0.1, -0.05) is 47.7 Å². The molecule has 218 valence electrons. The summed E-state index contributed by atoms with van der Waals surface area (Å²) in [6.07, 6.45) is 0.635. The zero-order valence-corrected chi connectivity index (χ0v) is 25.6. The Balaban J connectivity index is 1.19. The van der Waals surface area contributed by atoms with E-state index in [2.05, 4.69) is 27.8 Å². The van der Waals surface area contributed by atoms with Crippen LogP contribution in [0, 0.1) is 0 Å². The summed E-state index contributed by atoms with van der Waals surface area (Å²) in [5.74, 6) is 1.84. The van der Waals surface area contributed by atoms with Gasteiger partial charge in [-0.25, -0.2) is 9.97 Å². The van der Waals surface area contributed by atoms with Crippen molar-refractivity contribution in [3.63, 3.8) is 0 Å². The van der Waals surface area contributed by atoms with Crippen molar-refractivity contribution in [2.45, 2.75) is 13.3 Å². The lowest BCUT2D eigenvalue weighted by Gasteiger charge is -2.14. The number of fused-ring (bicyclic) bond motifs is 1. The van der Waals surface area contributed by atoms with Crippen molar-refractivity contribution in [2.75, 3.05) is 37.7 Å². The maximum Gasteiger partial charge on any atom is 0.252 e. The number of anilines is 4. The summed E-state index contributed by atoms with van der Waals surface area (Å²) in [6, 6.07) is 19.4. The number of hydrogen-bond acceptors (Lipinski definition) is 10. The van der Waals surface area contributed by atoms with Crippen molar-refractivity contribution in [1.29, 1.82) is 0 Å². The molecule has 2 heterocycles. The number of methoxy groups -OCH3 is 3. The minimum Gasteiger partial charge on any atom is -0.493 e. The summed E-state index contributed by atoms with van der Waals surface area (Å²) in [5.41, 5.74) is 13.5. The molecule has 11 heteroatoms. The van der Waals surface area contributed by atoms with E-state index in [0.29, 0.717) is 46.0 Å². The Bertz CT molecular complexity index is 1850. The number of allylic oxidation sites excluding steroid dienone is 1. The number of nitrogens with zero attached hydrogens (tertiary/aromatic N) is 2. The smallest absolute Gasteiger partial charge is 0.252 e. The largest absolute Gasteiger partial charge is 0.493 e. The molecule has 6 rings (SSSR count). The predicted octanol–water partition coefficient (Wildman–Crippen LogP) is 7.25. The van der Waals surface area contributed by atoms with Crippen molar-refractivity contribution in [1.82, 2.24) is 9.97 Å². The number of rotatable bonds is 9. The fourth-order valence-corrected chi connectivity index (χ4v) is 6.90. The van der Waals surface area contributed by atoms with Crippen LogP contribution in [-0.2, 0) is 11.2 Å². The van der Waals surface area contributed by atoms with Crippen LogP contribution in [0.4, 0.5) is 22.3 Å². The van der Waals surface area contributed by atoms with E-state index in [9.17, 15) is 4.79 Å². The predicted molar refractivity (Wildman–Crippen MR) is 174 cm³/mol. The second kappa shape index (κ2) is 11.8. The standard InChI is InChI=1S/C32H29N5O4S2/c1-17-22-11-6-5-8-18(22)13-23(17)30(38)34-20-10-7-9-19(12-20)24-16-42-31(36-24)28-29(33)37-32(43-28)35-21-14-25(39-2)27(41-4)26(15-21)40-3/h5-12,14-16H,13,33H2,1-4H3,(H,34,38)(H,35,37). The summed E-state index contributed by atoms with van der Waals surface area (Å²) >= 11 is 2.88. The fourth-order valence-electron chi connectivity index (χ4n) is 5.07. The number of amides is 1. The first-order valence-corrected chi connectivity index (χ1v) is 15.1. The zero-order valence-electron chi connectivity index (χ0n) is 24.0. The Labute approximate surface area is 257 Å². The first-order chi connectivity index (χ1) is 20.9. The van der Waals surface area contributed by atoms with Gasteiger partial charge in [-0.2, -0.15) is 0 Å². The summed E-state index contributed by atoms with van der Waals surface area (Å²) in [5, 5.41) is 9.68. The van der Waals surface area contributed by atoms with Gasteiger partial charge in [0.15, 0.2) is 16.6 Å². The molecule has 0 saturated carbocycles. The number of carbonyl (C=O) groups excluding carboxylic acids is 1. The number of ether oxygens (including phenoxy) is 3. The molecule has 2 aromatic heterocycles. The molecule has 0 spiro atoms. The van der Waals surface area contributed by atoms with Gasteiger partial charge in [-0.3, -0.25) is 4.79 Å². The van der Waals surface area contributed by atoms with Crippen LogP contribution in [0.2, 0.25) is 0 Å². The molecule has 0 bridgehead atoms. The van der Waals surface area contributed by atoms with Gasteiger partial charge in [-0.15, -0.1) is 11.3 Å². The van der Waals surface area contributed by atoms with Crippen LogP contribution in [0.1, 0.15) is 18.1 Å². The maximum atomic E-state index is 13.2. The van der Waals surface area contributed by atoms with Crippen LogP contribution in [0.15, 0.2) is 71.6 Å². The number of carbonyl (C=O) groups is 1. The Morgan fingerprint density at radius 3 is 2.42 bits per heavy atom. The van der Waals surface area contributed by atoms with Gasteiger partial charge in [0.25, 0.3) is 5.91 Å². The lowest BCUT2D eigenvalue weighted by atomic mass is 10.1. The minimum atomic E-state index is -0.0885. The van der Waals surface area contributed by atoms with Crippen molar-refractivity contribution in [3.8, 4) is 38.4 Å². The second-order valence-corrected chi connectivity index (χ2v) is 11.6. The molecule has 0 saturated heterocycles. The van der Waals surface area contributed by atoms with E-state index in [4.69, 9.17) is 24.9 Å². The Hall–Kier alpha value is -4.87. The Kier molecular flexibility index (Phi) is 7.75. The molecule has 0 unspecified atom stereocenters. The molecule has 0 aliphatic heterocycles. The molecule has 0 fully saturated rings. The Morgan fingerprint density at radius 2 is 1.70 bits per heavy atom. The van der Waals surface area contributed by atoms with E-state index in [1.165, 1.54) is 28.2 Å². The van der Waals surface area contributed by atoms with E-state index < -0.39 is 0 Å². The number of hydrogen-bond donors (Lipinski definition) is 3. The molecule has 1 aliphatic carbocycles. The number of thiazole rings is 2. The highest BCUT2D eigenvalue weighted by atomic mass is 32.1. The molecular formula is C32H29N5O4S2. The van der Waals surface area contributed by atoms with Gasteiger partial charge in [0.1, 0.15) is 15.7 Å². The molecular weight excluding hydrogens is 583 g/mol. The first-order valence-electron chi connectivity index (χ1n) is 13.4. The van der Waals surface area contributed by atoms with Crippen molar-refractivity contribution in [2.24, 2.45) is 0 Å². The lowest BCUT2D eigenvalue weighted by molar-refractivity contribution is -0.112. The third-order valence-corrected chi connectivity index (χ3v) is 9.18. The number of nitrogens with one attached hydrogen (secondary N) is 2. The van der Waals surface area contributed by atoms with Crippen LogP contribution >= 0.6 is 22.7 Å². The SMILES string of the molecule is COc1cc(Nc2nc(N)c(-c3nc(-c4cccc(NC(=O)C5=C(C)c6ccccc6C5)c4)cs3)s2)cc(OC)c1OC. The number of aromatic nitrogens is 2. The molecule has 0 atom stereocenters. The van der Waals surface area contributed by atoms with Gasteiger partial charge in [0, 0.05) is 46.4 Å². The summed E-state index contributed by atoms with van der Waals surface area (Å²) < 4.78 is 16.3. The molecule has 43 heavy (non-hydrogen) atoms. The maximum absolute atomic E-state index is 13.2. The van der Waals surface area contributed by atoms with Crippen LogP contribution in [0.25, 0.3) is 26.7 Å². The van der Waals surface area contributed by atoms with E-state index in [0.717, 1.165) is 37.9 Å². The van der Waals surface area contributed by atoms with E-state index in [-0.39, 0.29) is 5.91 Å². The normalized spacial score (nSPS) is 12.2. The summed E-state index contributed by atoms with van der Waals surface area (Å²) in [6.45, 7) is 2.00. The highest BCUT2D eigenvalue weighted by Gasteiger charge is 2.23. The highest BCUT2D eigenvalue weighted by molar-refractivity contribution is 7.23. The van der Waals surface area contributed by atoms with Crippen molar-refractivity contribution in [3.05, 3.63) is 82.7 Å². The zero-order chi connectivity index (χ0) is 30.1. The van der Waals surface area contributed by atoms with E-state index in [1.807, 2.05) is 48.7 Å². The number of nitrogens with two attached hydrogens (primary N) is 1.